The van der Waals surface area contributed by atoms with E-state index in [0.717, 1.165) is 0 Å². The van der Waals surface area contributed by atoms with E-state index in [1.54, 1.807) is 18.2 Å². The maximum atomic E-state index is 12.5. The number of hydrogen-bond donors (Lipinski definition) is 2. The summed E-state index contributed by atoms with van der Waals surface area (Å²) in [5, 5.41) is 13.6. The number of nitrogens with one attached hydrogen (secondary N) is 1. The number of hydrogen-bond acceptors (Lipinski definition) is 7. The summed E-state index contributed by atoms with van der Waals surface area (Å²) in [4.78, 5) is 3.60. The van der Waals surface area contributed by atoms with Gasteiger partial charge in [0.1, 0.15) is 5.52 Å². The molecule has 0 bridgehead atoms. The Bertz CT molecular complexity index is 1180. The van der Waals surface area contributed by atoms with Crippen LogP contribution in [0.1, 0.15) is 0 Å². The zero-order valence-electron chi connectivity index (χ0n) is 11.7. The molecule has 4 rings (SSSR count). The van der Waals surface area contributed by atoms with Gasteiger partial charge in [-0.25, -0.2) is 8.42 Å². The molecule has 0 spiro atoms. The second kappa shape index (κ2) is 5.11. The molecule has 2 aromatic carbocycles. The molecule has 0 saturated carbocycles. The summed E-state index contributed by atoms with van der Waals surface area (Å²) < 4.78 is 37.4. The normalized spacial score (nSPS) is 12.0. The second-order valence-electron chi connectivity index (χ2n) is 4.88. The zero-order chi connectivity index (χ0) is 16.9. The van der Waals surface area contributed by atoms with Crippen LogP contribution in [-0.4, -0.2) is 23.7 Å². The van der Waals surface area contributed by atoms with Crippen molar-refractivity contribution >= 4 is 49.5 Å². The molecule has 0 fully saturated rings. The molecule has 0 unspecified atom stereocenters. The van der Waals surface area contributed by atoms with E-state index in [1.165, 1.54) is 18.2 Å². The van der Waals surface area contributed by atoms with Gasteiger partial charge < -0.3 is 14.0 Å². The Labute approximate surface area is 139 Å². The van der Waals surface area contributed by atoms with Crippen molar-refractivity contribution in [2.24, 2.45) is 0 Å². The van der Waals surface area contributed by atoms with E-state index in [0.29, 0.717) is 21.5 Å². The Morgan fingerprint density at radius 3 is 2.83 bits per heavy atom. The third kappa shape index (κ3) is 2.34. The molecule has 4 aromatic rings. The lowest BCUT2D eigenvalue weighted by Crippen LogP contribution is -2.13. The Hall–Kier alpha value is -2.78. The number of oxazole rings is 1. The standard InChI is InChI=1S/C14H8ClN3O5S/c15-8-2-1-3-10-12(8)13(17-23-10)18-24(20,21)7-4-5-9-11(6-7)22-14(19)16-9/h1-6H,(H,16,19)(H,17,18). The van der Waals surface area contributed by atoms with Gasteiger partial charge in [0.2, 0.25) is 0 Å². The first-order valence-electron chi connectivity index (χ1n) is 6.60. The minimum atomic E-state index is -3.97. The van der Waals surface area contributed by atoms with Crippen LogP contribution in [0, 0.1) is 0 Å². The molecule has 24 heavy (non-hydrogen) atoms. The van der Waals surface area contributed by atoms with Crippen LogP contribution in [-0.2, 0) is 10.0 Å². The van der Waals surface area contributed by atoms with E-state index >= 15 is 0 Å². The molecule has 122 valence electrons. The summed E-state index contributed by atoms with van der Waals surface area (Å²) >= 11 is 6.07. The van der Waals surface area contributed by atoms with Crippen molar-refractivity contribution < 1.29 is 22.5 Å². The summed E-state index contributed by atoms with van der Waals surface area (Å²) in [6.07, 6.45) is -0.540. The molecular weight excluding hydrogens is 358 g/mol. The summed E-state index contributed by atoms with van der Waals surface area (Å²) in [6.45, 7) is 0. The van der Waals surface area contributed by atoms with Gasteiger partial charge in [0.15, 0.2) is 17.0 Å². The van der Waals surface area contributed by atoms with Gasteiger partial charge in [0, 0.05) is 6.07 Å². The topological polar surface area (TPSA) is 118 Å². The van der Waals surface area contributed by atoms with E-state index in [2.05, 4.69) is 14.9 Å². The Kier molecular flexibility index (Phi) is 3.15. The fraction of sp³-hybridized carbons (Fsp3) is 0. The monoisotopic (exact) mass is 365 g/mol. The Morgan fingerprint density at radius 2 is 2.00 bits per heavy atom. The highest BCUT2D eigenvalue weighted by Crippen LogP contribution is 2.31. The molecule has 0 atom stereocenters. The molecule has 2 aromatic heterocycles. The first-order valence-corrected chi connectivity index (χ1v) is 8.46. The highest BCUT2D eigenvalue weighted by molar-refractivity contribution is 7.92. The molecular formula is C14H8ClN3O5S. The largest absolute Gasteiger partial charge is 0.466 e. The fourth-order valence-corrected chi connectivity index (χ4v) is 3.54. The molecule has 10 heteroatoms. The average Bonchev–Trinajstić information content (AvgIpc) is 3.09. The van der Waals surface area contributed by atoms with E-state index < -0.39 is 16.1 Å². The van der Waals surface area contributed by atoms with E-state index in [-0.39, 0.29) is 16.3 Å². The molecule has 0 aliphatic rings. The first-order chi connectivity index (χ1) is 11.4. The van der Waals surface area contributed by atoms with Gasteiger partial charge in [-0.15, -0.1) is 0 Å². The van der Waals surface area contributed by atoms with Gasteiger partial charge in [-0.2, -0.15) is 4.98 Å². The average molecular weight is 366 g/mol. The van der Waals surface area contributed by atoms with Gasteiger partial charge in [-0.1, -0.05) is 22.8 Å². The summed E-state index contributed by atoms with van der Waals surface area (Å²) in [7, 11) is -3.97. The lowest BCUT2D eigenvalue weighted by molar-refractivity contribution is 0.328. The SMILES string of the molecule is O=S(=O)(Nc1noc2cccc(Cl)c12)c1ccc2nc(O)oc2c1. The van der Waals surface area contributed by atoms with Crippen LogP contribution in [0.5, 0.6) is 6.08 Å². The zero-order valence-corrected chi connectivity index (χ0v) is 13.3. The molecule has 0 amide bonds. The van der Waals surface area contributed by atoms with Crippen LogP contribution in [0.4, 0.5) is 5.82 Å². The quantitative estimate of drug-likeness (QED) is 0.572. The van der Waals surface area contributed by atoms with Crippen molar-refractivity contribution in [1.29, 1.82) is 0 Å². The van der Waals surface area contributed by atoms with Crippen molar-refractivity contribution in [2.75, 3.05) is 4.72 Å². The number of rotatable bonds is 3. The molecule has 0 radical (unpaired) electrons. The third-order valence-electron chi connectivity index (χ3n) is 3.34. The number of anilines is 1. The van der Waals surface area contributed by atoms with Gasteiger partial charge in [-0.05, 0) is 24.3 Å². The number of benzene rings is 2. The van der Waals surface area contributed by atoms with Crippen molar-refractivity contribution in [1.82, 2.24) is 10.1 Å². The van der Waals surface area contributed by atoms with Gasteiger partial charge in [-0.3, -0.25) is 4.72 Å². The number of fused-ring (bicyclic) bond motifs is 2. The van der Waals surface area contributed by atoms with Crippen LogP contribution in [0.25, 0.3) is 22.1 Å². The Balaban J connectivity index is 1.78. The number of sulfonamides is 1. The van der Waals surface area contributed by atoms with Gasteiger partial charge in [0.25, 0.3) is 10.0 Å². The maximum Gasteiger partial charge on any atom is 0.392 e. The van der Waals surface area contributed by atoms with Crippen molar-refractivity contribution in [3.63, 3.8) is 0 Å². The lowest BCUT2D eigenvalue weighted by atomic mass is 10.2. The predicted molar refractivity (Wildman–Crippen MR) is 85.5 cm³/mol. The van der Waals surface area contributed by atoms with Crippen LogP contribution in [0.2, 0.25) is 5.02 Å². The highest BCUT2D eigenvalue weighted by atomic mass is 35.5. The summed E-state index contributed by atoms with van der Waals surface area (Å²) in [6, 6.07) is 8.88. The first kappa shape index (κ1) is 14.8. The van der Waals surface area contributed by atoms with Crippen LogP contribution in [0.3, 0.4) is 0 Å². The fourth-order valence-electron chi connectivity index (χ4n) is 2.27. The van der Waals surface area contributed by atoms with E-state index in [4.69, 9.17) is 20.5 Å². The minimum Gasteiger partial charge on any atom is -0.466 e. The number of nitrogens with zero attached hydrogens (tertiary/aromatic N) is 2. The van der Waals surface area contributed by atoms with Crippen molar-refractivity contribution in [2.45, 2.75) is 4.90 Å². The van der Waals surface area contributed by atoms with Crippen LogP contribution >= 0.6 is 11.6 Å². The van der Waals surface area contributed by atoms with Crippen LogP contribution in [0.15, 0.2) is 50.2 Å². The van der Waals surface area contributed by atoms with Crippen molar-refractivity contribution in [3.05, 3.63) is 41.4 Å². The van der Waals surface area contributed by atoms with Crippen molar-refractivity contribution in [3.8, 4) is 6.08 Å². The van der Waals surface area contributed by atoms with E-state index in [9.17, 15) is 13.5 Å². The minimum absolute atomic E-state index is 0.0175. The van der Waals surface area contributed by atoms with E-state index in [1.807, 2.05) is 0 Å². The highest BCUT2D eigenvalue weighted by Gasteiger charge is 2.21. The molecule has 0 saturated heterocycles. The maximum absolute atomic E-state index is 12.5. The number of aromatic nitrogens is 2. The van der Waals surface area contributed by atoms with Gasteiger partial charge >= 0.3 is 6.08 Å². The predicted octanol–water partition coefficient (Wildman–Crippen LogP) is 3.13. The molecule has 8 nitrogen and oxygen atoms in total. The summed E-state index contributed by atoms with van der Waals surface area (Å²) in [5.41, 5.74) is 0.829. The smallest absolute Gasteiger partial charge is 0.392 e. The van der Waals surface area contributed by atoms with Gasteiger partial charge in [0.05, 0.1) is 15.3 Å². The molecule has 0 aliphatic carbocycles. The van der Waals surface area contributed by atoms with Crippen LogP contribution < -0.4 is 4.72 Å². The second-order valence-corrected chi connectivity index (χ2v) is 6.97. The molecule has 0 aliphatic heterocycles. The third-order valence-corrected chi connectivity index (χ3v) is 4.99. The number of aromatic hydroxyl groups is 1. The molecule has 2 N–H and O–H groups in total. The lowest BCUT2D eigenvalue weighted by Gasteiger charge is -2.05. The molecule has 2 heterocycles. The summed E-state index contributed by atoms with van der Waals surface area (Å²) in [5.74, 6) is -0.0175. The Morgan fingerprint density at radius 1 is 1.17 bits per heavy atom. The number of halogens is 1.